The molecule has 2 aromatic rings. The maximum Gasteiger partial charge on any atom is 0.254 e. The molecule has 2 heterocycles. The minimum Gasteiger partial charge on any atom is -0.337 e. The van der Waals surface area contributed by atoms with Crippen LogP contribution in [0.5, 0.6) is 0 Å². The van der Waals surface area contributed by atoms with Crippen LogP contribution in [0, 0.1) is 11.3 Å². The number of carbonyl (C=O) groups is 1. The van der Waals surface area contributed by atoms with Crippen LogP contribution in [0.2, 0.25) is 0 Å². The van der Waals surface area contributed by atoms with Gasteiger partial charge in [0, 0.05) is 23.7 Å². The molecule has 0 fully saturated rings. The van der Waals surface area contributed by atoms with Crippen molar-refractivity contribution in [3.05, 3.63) is 50.4 Å². The molecule has 4 nitrogen and oxygen atoms in total. The van der Waals surface area contributed by atoms with Crippen LogP contribution < -0.4 is 0 Å². The highest BCUT2D eigenvalue weighted by molar-refractivity contribution is 9.11. The summed E-state index contributed by atoms with van der Waals surface area (Å²) in [6.07, 6.45) is 1.47. The third-order valence-corrected chi connectivity index (χ3v) is 4.10. The van der Waals surface area contributed by atoms with Gasteiger partial charge in [0.25, 0.3) is 5.91 Å². The molecule has 0 radical (unpaired) electrons. The van der Waals surface area contributed by atoms with E-state index in [1.54, 1.807) is 29.4 Å². The molecule has 6 heteroatoms. The van der Waals surface area contributed by atoms with E-state index < -0.39 is 0 Å². The SMILES string of the molecule is CN(Cc1ccc(Br)s1)C(=O)c1ccnc(C#N)c1. The van der Waals surface area contributed by atoms with Crippen LogP contribution >= 0.6 is 27.3 Å². The Morgan fingerprint density at radius 2 is 2.32 bits per heavy atom. The van der Waals surface area contributed by atoms with Crippen LogP contribution in [0.25, 0.3) is 0 Å². The first-order chi connectivity index (χ1) is 9.10. The van der Waals surface area contributed by atoms with Gasteiger partial charge in [0.2, 0.25) is 0 Å². The maximum absolute atomic E-state index is 12.2. The number of pyridine rings is 1. The van der Waals surface area contributed by atoms with Crippen LogP contribution in [-0.2, 0) is 6.54 Å². The summed E-state index contributed by atoms with van der Waals surface area (Å²) in [6.45, 7) is 0.541. The Hall–Kier alpha value is -1.71. The van der Waals surface area contributed by atoms with E-state index >= 15 is 0 Å². The van der Waals surface area contributed by atoms with E-state index in [4.69, 9.17) is 5.26 Å². The van der Waals surface area contributed by atoms with E-state index in [9.17, 15) is 4.79 Å². The Labute approximate surface area is 123 Å². The summed E-state index contributed by atoms with van der Waals surface area (Å²) in [5.41, 5.74) is 0.725. The molecule has 2 rings (SSSR count). The first-order valence-corrected chi connectivity index (χ1v) is 7.07. The standard InChI is InChI=1S/C13H10BrN3OS/c1-17(8-11-2-3-12(14)19-11)13(18)9-4-5-16-10(6-9)7-15/h2-6H,8H2,1H3. The fourth-order valence-corrected chi connectivity index (χ4v) is 3.12. The van der Waals surface area contributed by atoms with Crippen LogP contribution in [-0.4, -0.2) is 22.8 Å². The van der Waals surface area contributed by atoms with Crippen molar-refractivity contribution >= 4 is 33.2 Å². The normalized spacial score (nSPS) is 9.95. The molecule has 0 saturated heterocycles. The summed E-state index contributed by atoms with van der Waals surface area (Å²) in [5.74, 6) is -0.122. The summed E-state index contributed by atoms with van der Waals surface area (Å²) >= 11 is 4.99. The number of hydrogen-bond acceptors (Lipinski definition) is 4. The molecular weight excluding hydrogens is 326 g/mol. The summed E-state index contributed by atoms with van der Waals surface area (Å²) in [7, 11) is 1.74. The number of amides is 1. The Morgan fingerprint density at radius 1 is 1.53 bits per heavy atom. The summed E-state index contributed by atoms with van der Waals surface area (Å²) in [4.78, 5) is 18.8. The Kier molecular flexibility index (Phi) is 4.30. The lowest BCUT2D eigenvalue weighted by Crippen LogP contribution is -2.25. The number of halogens is 1. The zero-order chi connectivity index (χ0) is 13.8. The molecule has 2 aromatic heterocycles. The van der Waals surface area contributed by atoms with Gasteiger partial charge in [-0.2, -0.15) is 5.26 Å². The molecule has 0 unspecified atom stereocenters. The van der Waals surface area contributed by atoms with Crippen molar-refractivity contribution < 1.29 is 4.79 Å². The zero-order valence-electron chi connectivity index (χ0n) is 10.1. The summed E-state index contributed by atoms with van der Waals surface area (Å²) < 4.78 is 1.04. The van der Waals surface area contributed by atoms with Crippen LogP contribution in [0.3, 0.4) is 0 Å². The van der Waals surface area contributed by atoms with Gasteiger partial charge in [-0.3, -0.25) is 4.79 Å². The van der Waals surface area contributed by atoms with Gasteiger partial charge in [-0.25, -0.2) is 4.98 Å². The van der Waals surface area contributed by atoms with Crippen molar-refractivity contribution in [1.29, 1.82) is 5.26 Å². The van der Waals surface area contributed by atoms with Gasteiger partial charge >= 0.3 is 0 Å². The highest BCUT2D eigenvalue weighted by atomic mass is 79.9. The number of rotatable bonds is 3. The van der Waals surface area contributed by atoms with E-state index in [1.165, 1.54) is 12.3 Å². The van der Waals surface area contributed by atoms with Crippen LogP contribution in [0.4, 0.5) is 0 Å². The molecular formula is C13H10BrN3OS. The minimum atomic E-state index is -0.122. The molecule has 96 valence electrons. The number of thiophene rings is 1. The lowest BCUT2D eigenvalue weighted by atomic mass is 10.2. The average Bonchev–Trinajstić information content (AvgIpc) is 2.83. The molecule has 19 heavy (non-hydrogen) atoms. The van der Waals surface area contributed by atoms with Gasteiger partial charge in [-0.15, -0.1) is 11.3 Å². The van der Waals surface area contributed by atoms with Crippen LogP contribution in [0.1, 0.15) is 20.9 Å². The molecule has 0 aliphatic carbocycles. The average molecular weight is 336 g/mol. The quantitative estimate of drug-likeness (QED) is 0.866. The third kappa shape index (κ3) is 3.40. The highest BCUT2D eigenvalue weighted by Gasteiger charge is 2.13. The number of hydrogen-bond donors (Lipinski definition) is 0. The van der Waals surface area contributed by atoms with E-state index in [0.717, 1.165) is 8.66 Å². The van der Waals surface area contributed by atoms with Crippen molar-refractivity contribution in [2.24, 2.45) is 0 Å². The van der Waals surface area contributed by atoms with Crippen molar-refractivity contribution in [3.63, 3.8) is 0 Å². The van der Waals surface area contributed by atoms with E-state index in [1.807, 2.05) is 18.2 Å². The van der Waals surface area contributed by atoms with Crippen LogP contribution in [0.15, 0.2) is 34.2 Å². The molecule has 0 saturated carbocycles. The smallest absolute Gasteiger partial charge is 0.254 e. The molecule has 0 atom stereocenters. The van der Waals surface area contributed by atoms with Crippen molar-refractivity contribution in [2.45, 2.75) is 6.54 Å². The minimum absolute atomic E-state index is 0.122. The first kappa shape index (κ1) is 13.7. The fraction of sp³-hybridized carbons (Fsp3) is 0.154. The fourth-order valence-electron chi connectivity index (χ4n) is 1.59. The maximum atomic E-state index is 12.2. The molecule has 0 bridgehead atoms. The Morgan fingerprint density at radius 3 is 2.95 bits per heavy atom. The largest absolute Gasteiger partial charge is 0.337 e. The zero-order valence-corrected chi connectivity index (χ0v) is 12.5. The number of nitrogens with zero attached hydrogens (tertiary/aromatic N) is 3. The van der Waals surface area contributed by atoms with Crippen molar-refractivity contribution in [1.82, 2.24) is 9.88 Å². The van der Waals surface area contributed by atoms with Gasteiger partial charge in [-0.1, -0.05) is 0 Å². The number of aromatic nitrogens is 1. The van der Waals surface area contributed by atoms with Crippen molar-refractivity contribution in [2.75, 3.05) is 7.05 Å². The van der Waals surface area contributed by atoms with E-state index in [-0.39, 0.29) is 11.6 Å². The Balaban J connectivity index is 2.12. The van der Waals surface area contributed by atoms with Gasteiger partial charge in [0.05, 0.1) is 10.3 Å². The first-order valence-electron chi connectivity index (χ1n) is 5.46. The molecule has 0 aromatic carbocycles. The van der Waals surface area contributed by atoms with E-state index in [2.05, 4.69) is 20.9 Å². The molecule has 0 N–H and O–H groups in total. The second-order valence-electron chi connectivity index (χ2n) is 3.91. The topological polar surface area (TPSA) is 57.0 Å². The predicted octanol–water partition coefficient (Wildman–Crippen LogP) is 3.05. The van der Waals surface area contributed by atoms with Gasteiger partial charge < -0.3 is 4.90 Å². The third-order valence-electron chi connectivity index (χ3n) is 2.49. The molecule has 0 aliphatic heterocycles. The predicted molar refractivity (Wildman–Crippen MR) is 76.8 cm³/mol. The Bertz CT molecular complexity index is 647. The second kappa shape index (κ2) is 5.95. The lowest BCUT2D eigenvalue weighted by Gasteiger charge is -2.16. The van der Waals surface area contributed by atoms with Gasteiger partial charge in [0.1, 0.15) is 11.8 Å². The lowest BCUT2D eigenvalue weighted by molar-refractivity contribution is 0.0786. The molecule has 0 spiro atoms. The molecule has 1 amide bonds. The van der Waals surface area contributed by atoms with Gasteiger partial charge in [-0.05, 0) is 40.2 Å². The van der Waals surface area contributed by atoms with Gasteiger partial charge in [0.15, 0.2) is 0 Å². The summed E-state index contributed by atoms with van der Waals surface area (Å²) in [6, 6.07) is 8.98. The molecule has 0 aliphatic rings. The highest BCUT2D eigenvalue weighted by Crippen LogP contribution is 2.23. The number of carbonyl (C=O) groups excluding carboxylic acids is 1. The summed E-state index contributed by atoms with van der Waals surface area (Å²) in [5, 5.41) is 8.78. The van der Waals surface area contributed by atoms with Crippen molar-refractivity contribution in [3.8, 4) is 6.07 Å². The number of nitriles is 1. The van der Waals surface area contributed by atoms with E-state index in [0.29, 0.717) is 12.1 Å². The monoisotopic (exact) mass is 335 g/mol. The second-order valence-corrected chi connectivity index (χ2v) is 6.46.